The lowest BCUT2D eigenvalue weighted by atomic mass is 10.1. The number of rotatable bonds is 2. The van der Waals surface area contributed by atoms with Crippen molar-refractivity contribution in [1.82, 2.24) is 9.78 Å². The van der Waals surface area contributed by atoms with E-state index in [1.54, 1.807) is 6.92 Å². The third-order valence-electron chi connectivity index (χ3n) is 2.07. The van der Waals surface area contributed by atoms with Gasteiger partial charge in [0.1, 0.15) is 10.0 Å². The number of hydrogen-bond donors (Lipinski definition) is 0. The molecule has 0 aliphatic rings. The van der Waals surface area contributed by atoms with Gasteiger partial charge in [-0.2, -0.15) is 5.10 Å². The first kappa shape index (κ1) is 13.8. The molecule has 0 aliphatic carbocycles. The SMILES string of the molecule is CCc1nn(C(C)(C)C)c(Cl)c1S(=O)(=O)Cl. The zero-order chi connectivity index (χ0) is 12.7. The average Bonchev–Trinajstić information content (AvgIpc) is 2.40. The van der Waals surface area contributed by atoms with Crippen LogP contribution >= 0.6 is 22.3 Å². The molecule has 7 heteroatoms. The summed E-state index contributed by atoms with van der Waals surface area (Å²) in [5.41, 5.74) is 0.0100. The largest absolute Gasteiger partial charge is 0.266 e. The monoisotopic (exact) mass is 284 g/mol. The van der Waals surface area contributed by atoms with E-state index in [1.165, 1.54) is 4.68 Å². The highest BCUT2D eigenvalue weighted by atomic mass is 35.7. The molecule has 0 unspecified atom stereocenters. The lowest BCUT2D eigenvalue weighted by Crippen LogP contribution is -2.23. The fourth-order valence-electron chi connectivity index (χ4n) is 1.34. The quantitative estimate of drug-likeness (QED) is 0.785. The first-order valence-corrected chi connectivity index (χ1v) is 7.50. The minimum Gasteiger partial charge on any atom is -0.247 e. The van der Waals surface area contributed by atoms with E-state index in [-0.39, 0.29) is 15.6 Å². The summed E-state index contributed by atoms with van der Waals surface area (Å²) >= 11 is 6.01. The standard InChI is InChI=1S/C9H14Cl2N2O2S/c1-5-6-7(16(11,14)15)8(10)13(12-6)9(2,3)4/h5H2,1-4H3. The zero-order valence-corrected chi connectivity index (χ0v) is 11.9. The van der Waals surface area contributed by atoms with Gasteiger partial charge in [-0.1, -0.05) is 18.5 Å². The van der Waals surface area contributed by atoms with E-state index in [0.717, 1.165) is 0 Å². The van der Waals surface area contributed by atoms with Crippen molar-refractivity contribution in [3.63, 3.8) is 0 Å². The van der Waals surface area contributed by atoms with Gasteiger partial charge in [0.15, 0.2) is 0 Å². The predicted molar refractivity (Wildman–Crippen MR) is 64.6 cm³/mol. The molecule has 1 heterocycles. The molecule has 92 valence electrons. The Balaban J connectivity index is 3.58. The normalized spacial score (nSPS) is 13.1. The van der Waals surface area contributed by atoms with E-state index in [0.29, 0.717) is 12.1 Å². The topological polar surface area (TPSA) is 52.0 Å². The highest BCUT2D eigenvalue weighted by Gasteiger charge is 2.29. The highest BCUT2D eigenvalue weighted by molar-refractivity contribution is 8.13. The number of halogens is 2. The summed E-state index contributed by atoms with van der Waals surface area (Å²) in [5.74, 6) is 0. The summed E-state index contributed by atoms with van der Waals surface area (Å²) in [4.78, 5) is -0.0757. The lowest BCUT2D eigenvalue weighted by Gasteiger charge is -2.20. The van der Waals surface area contributed by atoms with Crippen molar-refractivity contribution in [2.75, 3.05) is 0 Å². The van der Waals surface area contributed by atoms with Gasteiger partial charge in [0.25, 0.3) is 9.05 Å². The molecule has 0 saturated heterocycles. The van der Waals surface area contributed by atoms with Gasteiger partial charge in [0.2, 0.25) is 0 Å². The molecule has 1 aromatic heterocycles. The van der Waals surface area contributed by atoms with Crippen molar-refractivity contribution in [2.45, 2.75) is 44.6 Å². The molecule has 0 spiro atoms. The van der Waals surface area contributed by atoms with E-state index in [9.17, 15) is 8.42 Å². The Morgan fingerprint density at radius 1 is 1.38 bits per heavy atom. The predicted octanol–water partition coefficient (Wildman–Crippen LogP) is 2.78. The van der Waals surface area contributed by atoms with Gasteiger partial charge in [-0.3, -0.25) is 0 Å². The molecule has 0 amide bonds. The van der Waals surface area contributed by atoms with Crippen LogP contribution in [0.2, 0.25) is 5.15 Å². The fraction of sp³-hybridized carbons (Fsp3) is 0.667. The third kappa shape index (κ3) is 2.52. The average molecular weight is 285 g/mol. The van der Waals surface area contributed by atoms with Crippen LogP contribution in [0.4, 0.5) is 0 Å². The van der Waals surface area contributed by atoms with Crippen LogP contribution in [0, 0.1) is 0 Å². The van der Waals surface area contributed by atoms with Crippen LogP contribution in [-0.4, -0.2) is 18.2 Å². The lowest BCUT2D eigenvalue weighted by molar-refractivity contribution is 0.353. The smallest absolute Gasteiger partial charge is 0.247 e. The van der Waals surface area contributed by atoms with Gasteiger partial charge >= 0.3 is 0 Å². The second-order valence-corrected chi connectivity index (χ2v) is 7.30. The van der Waals surface area contributed by atoms with Gasteiger partial charge in [0, 0.05) is 10.7 Å². The molecule has 0 aromatic carbocycles. The molecule has 0 bridgehead atoms. The molecule has 1 aromatic rings. The Bertz CT molecular complexity index is 500. The number of aryl methyl sites for hydroxylation is 1. The second-order valence-electron chi connectivity index (χ2n) is 4.44. The van der Waals surface area contributed by atoms with E-state index < -0.39 is 9.05 Å². The molecule has 0 saturated carbocycles. The Morgan fingerprint density at radius 3 is 2.12 bits per heavy atom. The summed E-state index contributed by atoms with van der Waals surface area (Å²) in [6.07, 6.45) is 0.462. The Hall–Kier alpha value is -0.260. The molecule has 0 fully saturated rings. The van der Waals surface area contributed by atoms with Crippen LogP contribution in [0.25, 0.3) is 0 Å². The van der Waals surface area contributed by atoms with Crippen LogP contribution in [0.5, 0.6) is 0 Å². The molecule has 0 N–H and O–H groups in total. The molecule has 16 heavy (non-hydrogen) atoms. The van der Waals surface area contributed by atoms with Crippen LogP contribution in [0.1, 0.15) is 33.4 Å². The molecule has 0 radical (unpaired) electrons. The maximum Gasteiger partial charge on any atom is 0.266 e. The van der Waals surface area contributed by atoms with Gasteiger partial charge < -0.3 is 0 Å². The van der Waals surface area contributed by atoms with Crippen LogP contribution in [-0.2, 0) is 21.0 Å². The van der Waals surface area contributed by atoms with E-state index in [1.807, 2.05) is 20.8 Å². The molecule has 0 atom stereocenters. The van der Waals surface area contributed by atoms with Crippen molar-refractivity contribution < 1.29 is 8.42 Å². The fourth-order valence-corrected chi connectivity index (χ4v) is 3.41. The van der Waals surface area contributed by atoms with Crippen molar-refractivity contribution >= 4 is 31.3 Å². The van der Waals surface area contributed by atoms with Gasteiger partial charge in [-0.25, -0.2) is 13.1 Å². The Kier molecular flexibility index (Phi) is 3.62. The molecular weight excluding hydrogens is 271 g/mol. The Labute approximate surface area is 105 Å². The molecular formula is C9H14Cl2N2O2S. The second kappa shape index (κ2) is 4.20. The van der Waals surface area contributed by atoms with E-state index >= 15 is 0 Å². The maximum atomic E-state index is 11.4. The number of aromatic nitrogens is 2. The van der Waals surface area contributed by atoms with Crippen LogP contribution in [0.3, 0.4) is 0 Å². The minimum absolute atomic E-state index is 0.0688. The van der Waals surface area contributed by atoms with E-state index in [2.05, 4.69) is 5.10 Å². The van der Waals surface area contributed by atoms with Gasteiger partial charge in [-0.05, 0) is 27.2 Å². The maximum absolute atomic E-state index is 11.4. The molecule has 4 nitrogen and oxygen atoms in total. The first-order valence-electron chi connectivity index (χ1n) is 4.81. The molecule has 0 aliphatic heterocycles. The third-order valence-corrected chi connectivity index (χ3v) is 3.91. The van der Waals surface area contributed by atoms with Crippen molar-refractivity contribution in [3.8, 4) is 0 Å². The zero-order valence-electron chi connectivity index (χ0n) is 9.58. The number of hydrogen-bond acceptors (Lipinski definition) is 3. The van der Waals surface area contributed by atoms with Gasteiger partial charge in [-0.15, -0.1) is 0 Å². The van der Waals surface area contributed by atoms with Crippen LogP contribution < -0.4 is 0 Å². The van der Waals surface area contributed by atoms with Crippen LogP contribution in [0.15, 0.2) is 4.90 Å². The first-order chi connectivity index (χ1) is 7.09. The highest BCUT2D eigenvalue weighted by Crippen LogP contribution is 2.32. The summed E-state index contributed by atoms with van der Waals surface area (Å²) in [7, 11) is 1.49. The van der Waals surface area contributed by atoms with E-state index in [4.69, 9.17) is 22.3 Å². The summed E-state index contributed by atoms with van der Waals surface area (Å²) in [5, 5.41) is 4.26. The summed E-state index contributed by atoms with van der Waals surface area (Å²) < 4.78 is 24.3. The molecule has 1 rings (SSSR count). The van der Waals surface area contributed by atoms with Crippen molar-refractivity contribution in [1.29, 1.82) is 0 Å². The van der Waals surface area contributed by atoms with Crippen molar-refractivity contribution in [3.05, 3.63) is 10.8 Å². The summed E-state index contributed by atoms with van der Waals surface area (Å²) in [6, 6.07) is 0. The van der Waals surface area contributed by atoms with Crippen molar-refractivity contribution in [2.24, 2.45) is 0 Å². The number of nitrogens with zero attached hydrogens (tertiary/aromatic N) is 2. The Morgan fingerprint density at radius 2 is 1.88 bits per heavy atom. The summed E-state index contributed by atoms with van der Waals surface area (Å²) in [6.45, 7) is 7.46. The minimum atomic E-state index is -3.86. The van der Waals surface area contributed by atoms with Gasteiger partial charge in [0.05, 0.1) is 11.2 Å².